The number of nitrogens with one attached hydrogen (secondary N) is 2. The Labute approximate surface area is 146 Å². The highest BCUT2D eigenvalue weighted by molar-refractivity contribution is 5.90. The lowest BCUT2D eigenvalue weighted by atomic mass is 10.0. The number of ether oxygens (including phenoxy) is 2. The Kier molecular flexibility index (Phi) is 5.23. The smallest absolute Gasteiger partial charge is 0.280 e. The standard InChI is InChI=1S/C18H23N3O4/c1-12-9-17(20-25-12)19-18(22)11-21-8-4-5-15(21)14-7-6-13(23-2)10-16(14)24-3/h6-7,9-10,15H,4-5,8,11H2,1-3H3,(H,19,20,22)/p+1/t15-/m1/s1. The number of benzene rings is 1. The minimum Gasteiger partial charge on any atom is -0.497 e. The molecule has 1 aliphatic heterocycles. The monoisotopic (exact) mass is 346 g/mol. The van der Waals surface area contributed by atoms with Crippen LogP contribution in [0.25, 0.3) is 0 Å². The first-order valence-corrected chi connectivity index (χ1v) is 8.40. The van der Waals surface area contributed by atoms with Gasteiger partial charge in [0.25, 0.3) is 5.91 Å². The molecule has 0 spiro atoms. The van der Waals surface area contributed by atoms with Crippen LogP contribution in [0.3, 0.4) is 0 Å². The average molecular weight is 346 g/mol. The van der Waals surface area contributed by atoms with Gasteiger partial charge in [-0.25, -0.2) is 0 Å². The van der Waals surface area contributed by atoms with Crippen molar-refractivity contribution in [1.29, 1.82) is 0 Å². The van der Waals surface area contributed by atoms with Gasteiger partial charge in [-0.1, -0.05) is 5.16 Å². The van der Waals surface area contributed by atoms with Crippen molar-refractivity contribution >= 4 is 11.7 Å². The number of aryl methyl sites for hydroxylation is 1. The van der Waals surface area contributed by atoms with Crippen LogP contribution in [0.15, 0.2) is 28.8 Å². The molecule has 1 saturated heterocycles. The van der Waals surface area contributed by atoms with E-state index in [-0.39, 0.29) is 11.9 Å². The van der Waals surface area contributed by atoms with Crippen molar-refractivity contribution in [3.63, 3.8) is 0 Å². The summed E-state index contributed by atoms with van der Waals surface area (Å²) in [4.78, 5) is 13.6. The summed E-state index contributed by atoms with van der Waals surface area (Å²) >= 11 is 0. The molecule has 7 nitrogen and oxygen atoms in total. The number of hydrogen-bond donors (Lipinski definition) is 2. The van der Waals surface area contributed by atoms with E-state index in [4.69, 9.17) is 14.0 Å². The zero-order valence-corrected chi connectivity index (χ0v) is 14.8. The van der Waals surface area contributed by atoms with Crippen LogP contribution in [-0.4, -0.2) is 38.4 Å². The molecule has 25 heavy (non-hydrogen) atoms. The number of nitrogens with zero attached hydrogens (tertiary/aromatic N) is 1. The molecule has 0 aliphatic carbocycles. The summed E-state index contributed by atoms with van der Waals surface area (Å²) in [6, 6.07) is 7.80. The van der Waals surface area contributed by atoms with E-state index in [1.54, 1.807) is 27.2 Å². The quantitative estimate of drug-likeness (QED) is 0.826. The van der Waals surface area contributed by atoms with Crippen LogP contribution in [0.2, 0.25) is 0 Å². The molecule has 0 saturated carbocycles. The van der Waals surface area contributed by atoms with E-state index < -0.39 is 0 Å². The van der Waals surface area contributed by atoms with Gasteiger partial charge in [-0.2, -0.15) is 0 Å². The van der Waals surface area contributed by atoms with Crippen molar-refractivity contribution in [1.82, 2.24) is 5.16 Å². The molecule has 1 unspecified atom stereocenters. The van der Waals surface area contributed by atoms with Crippen molar-refractivity contribution in [2.24, 2.45) is 0 Å². The number of likely N-dealkylation sites (tertiary alicyclic amines) is 1. The number of hydrogen-bond acceptors (Lipinski definition) is 5. The minimum absolute atomic E-state index is 0.0670. The van der Waals surface area contributed by atoms with E-state index in [9.17, 15) is 4.79 Å². The number of anilines is 1. The first-order valence-electron chi connectivity index (χ1n) is 8.40. The molecule has 2 aromatic rings. The average Bonchev–Trinajstić information content (AvgIpc) is 3.23. The zero-order chi connectivity index (χ0) is 17.8. The Bertz CT molecular complexity index is 744. The Morgan fingerprint density at radius 3 is 2.88 bits per heavy atom. The molecular weight excluding hydrogens is 322 g/mol. The van der Waals surface area contributed by atoms with Crippen LogP contribution in [-0.2, 0) is 4.79 Å². The van der Waals surface area contributed by atoms with Crippen LogP contribution in [0, 0.1) is 6.92 Å². The van der Waals surface area contributed by atoms with Crippen molar-refractivity contribution in [3.8, 4) is 11.5 Å². The molecule has 1 aliphatic rings. The van der Waals surface area contributed by atoms with Crippen LogP contribution in [0.4, 0.5) is 5.82 Å². The molecule has 2 atom stereocenters. The molecule has 1 fully saturated rings. The summed E-state index contributed by atoms with van der Waals surface area (Å²) in [5.41, 5.74) is 1.11. The fourth-order valence-corrected chi connectivity index (χ4v) is 3.42. The maximum atomic E-state index is 12.3. The third kappa shape index (κ3) is 3.93. The summed E-state index contributed by atoms with van der Waals surface area (Å²) < 4.78 is 15.8. The molecule has 1 amide bonds. The molecule has 1 aromatic carbocycles. The second kappa shape index (κ2) is 7.57. The molecule has 0 radical (unpaired) electrons. The topological polar surface area (TPSA) is 78.0 Å². The molecule has 7 heteroatoms. The van der Waals surface area contributed by atoms with Crippen LogP contribution in [0.1, 0.15) is 30.2 Å². The Morgan fingerprint density at radius 2 is 2.20 bits per heavy atom. The van der Waals surface area contributed by atoms with Gasteiger partial charge in [0.1, 0.15) is 23.3 Å². The highest BCUT2D eigenvalue weighted by atomic mass is 16.5. The third-order valence-electron chi connectivity index (χ3n) is 4.58. The van der Waals surface area contributed by atoms with Gasteiger partial charge in [0.15, 0.2) is 12.4 Å². The van der Waals surface area contributed by atoms with Crippen LogP contribution >= 0.6 is 0 Å². The predicted molar refractivity (Wildman–Crippen MR) is 92.1 cm³/mol. The van der Waals surface area contributed by atoms with E-state index in [2.05, 4.69) is 10.5 Å². The fourth-order valence-electron chi connectivity index (χ4n) is 3.42. The largest absolute Gasteiger partial charge is 0.497 e. The number of carbonyl (C=O) groups excluding carboxylic acids is 1. The number of quaternary nitrogens is 1. The highest BCUT2D eigenvalue weighted by Crippen LogP contribution is 2.31. The van der Waals surface area contributed by atoms with Gasteiger partial charge in [0, 0.05) is 25.0 Å². The number of aromatic nitrogens is 1. The minimum atomic E-state index is -0.0670. The Hall–Kier alpha value is -2.54. The second-order valence-corrected chi connectivity index (χ2v) is 6.26. The van der Waals surface area contributed by atoms with Gasteiger partial charge < -0.3 is 24.2 Å². The second-order valence-electron chi connectivity index (χ2n) is 6.26. The van der Waals surface area contributed by atoms with E-state index in [0.717, 1.165) is 36.4 Å². The highest BCUT2D eigenvalue weighted by Gasteiger charge is 2.33. The van der Waals surface area contributed by atoms with E-state index >= 15 is 0 Å². The van der Waals surface area contributed by atoms with Crippen molar-refractivity contribution in [2.45, 2.75) is 25.8 Å². The number of rotatable bonds is 6. The predicted octanol–water partition coefficient (Wildman–Crippen LogP) is 1.36. The van der Waals surface area contributed by atoms with Crippen LogP contribution < -0.4 is 19.7 Å². The first-order chi connectivity index (χ1) is 12.1. The van der Waals surface area contributed by atoms with Crippen molar-refractivity contribution in [2.75, 3.05) is 32.6 Å². The van der Waals surface area contributed by atoms with E-state index in [0.29, 0.717) is 18.1 Å². The lowest BCUT2D eigenvalue weighted by molar-refractivity contribution is -0.910. The zero-order valence-electron chi connectivity index (χ0n) is 14.8. The fraction of sp³-hybridized carbons (Fsp3) is 0.444. The molecular formula is C18H24N3O4+. The third-order valence-corrected chi connectivity index (χ3v) is 4.58. The van der Waals surface area contributed by atoms with Gasteiger partial charge in [-0.3, -0.25) is 4.79 Å². The SMILES string of the molecule is COc1ccc([C@H]2CCC[NH+]2CC(=O)Nc2cc(C)on2)c(OC)c1. The lowest BCUT2D eigenvalue weighted by Crippen LogP contribution is -3.11. The van der Waals surface area contributed by atoms with Crippen molar-refractivity contribution in [3.05, 3.63) is 35.6 Å². The Morgan fingerprint density at radius 1 is 1.36 bits per heavy atom. The molecule has 2 N–H and O–H groups in total. The molecule has 0 bridgehead atoms. The summed E-state index contributed by atoms with van der Waals surface area (Å²) in [7, 11) is 3.30. The van der Waals surface area contributed by atoms with Gasteiger partial charge >= 0.3 is 0 Å². The van der Waals surface area contributed by atoms with Crippen LogP contribution in [0.5, 0.6) is 11.5 Å². The first kappa shape index (κ1) is 17.3. The summed E-state index contributed by atoms with van der Waals surface area (Å²) in [6.07, 6.45) is 2.10. The van der Waals surface area contributed by atoms with Gasteiger partial charge in [0.05, 0.1) is 26.3 Å². The summed E-state index contributed by atoms with van der Waals surface area (Å²) in [6.45, 7) is 3.12. The molecule has 1 aromatic heterocycles. The van der Waals surface area contributed by atoms with E-state index in [1.807, 2.05) is 18.2 Å². The maximum absolute atomic E-state index is 12.3. The normalized spacial score (nSPS) is 19.6. The number of amides is 1. The van der Waals surface area contributed by atoms with Gasteiger partial charge in [-0.15, -0.1) is 0 Å². The summed E-state index contributed by atoms with van der Waals surface area (Å²) in [5.74, 6) is 2.63. The summed E-state index contributed by atoms with van der Waals surface area (Å²) in [5, 5.41) is 6.60. The van der Waals surface area contributed by atoms with E-state index in [1.165, 1.54) is 4.90 Å². The lowest BCUT2D eigenvalue weighted by Gasteiger charge is -2.23. The van der Waals surface area contributed by atoms with Crippen molar-refractivity contribution < 1.29 is 23.7 Å². The maximum Gasteiger partial charge on any atom is 0.280 e. The molecule has 3 rings (SSSR count). The van der Waals surface area contributed by atoms with Gasteiger partial charge in [-0.05, 0) is 19.1 Å². The number of methoxy groups -OCH3 is 2. The van der Waals surface area contributed by atoms with Gasteiger partial charge in [0.2, 0.25) is 0 Å². The molecule has 2 heterocycles. The number of carbonyl (C=O) groups is 1. The molecule has 134 valence electrons. The Balaban J connectivity index is 1.71.